The van der Waals surface area contributed by atoms with Crippen LogP contribution in [-0.2, 0) is 22.7 Å². The second-order valence-corrected chi connectivity index (χ2v) is 6.15. The van der Waals surface area contributed by atoms with Crippen molar-refractivity contribution in [3.8, 4) is 0 Å². The lowest BCUT2D eigenvalue weighted by atomic mass is 10.2. The molecular formula is C21H23NO4. The summed E-state index contributed by atoms with van der Waals surface area (Å²) in [4.78, 5) is 14.1. The molecule has 0 radical (unpaired) electrons. The number of rotatable bonds is 7. The summed E-state index contributed by atoms with van der Waals surface area (Å²) in [6.45, 7) is 0.877. The van der Waals surface area contributed by atoms with Gasteiger partial charge in [0.05, 0.1) is 31.9 Å². The van der Waals surface area contributed by atoms with Crippen LogP contribution in [0.15, 0.2) is 72.8 Å². The molecule has 0 aliphatic carbocycles. The Morgan fingerprint density at radius 3 is 2.08 bits per heavy atom. The maximum absolute atomic E-state index is 12.5. The number of aliphatic hydroxyl groups excluding tert-OH is 1. The highest BCUT2D eigenvalue weighted by Crippen LogP contribution is 2.19. The van der Waals surface area contributed by atoms with Crippen molar-refractivity contribution < 1.29 is 19.4 Å². The summed E-state index contributed by atoms with van der Waals surface area (Å²) in [6, 6.07) is 18.7. The summed E-state index contributed by atoms with van der Waals surface area (Å²) in [6.07, 6.45) is 3.25. The first-order valence-corrected chi connectivity index (χ1v) is 8.68. The first-order valence-electron chi connectivity index (χ1n) is 8.68. The molecular weight excluding hydrogens is 330 g/mol. The Morgan fingerprint density at radius 1 is 0.885 bits per heavy atom. The van der Waals surface area contributed by atoms with Crippen LogP contribution < -0.4 is 0 Å². The fraction of sp³-hybridized carbons (Fsp3) is 0.286. The van der Waals surface area contributed by atoms with Gasteiger partial charge in [0.25, 0.3) is 0 Å². The number of carbonyl (C=O) groups is 1. The molecule has 2 aromatic carbocycles. The predicted octanol–water partition coefficient (Wildman–Crippen LogP) is 3.14. The molecule has 1 amide bonds. The summed E-state index contributed by atoms with van der Waals surface area (Å²) in [5.74, 6) is 0. The van der Waals surface area contributed by atoms with Crippen molar-refractivity contribution in [3.05, 3.63) is 83.9 Å². The molecule has 0 saturated heterocycles. The van der Waals surface area contributed by atoms with E-state index in [0.717, 1.165) is 11.1 Å². The van der Waals surface area contributed by atoms with Crippen molar-refractivity contribution >= 4 is 6.09 Å². The van der Waals surface area contributed by atoms with Gasteiger partial charge in [-0.3, -0.25) is 4.90 Å². The topological polar surface area (TPSA) is 59.0 Å². The highest BCUT2D eigenvalue weighted by atomic mass is 16.6. The molecule has 0 bridgehead atoms. The molecule has 0 saturated carbocycles. The van der Waals surface area contributed by atoms with E-state index in [1.807, 2.05) is 72.8 Å². The van der Waals surface area contributed by atoms with Crippen LogP contribution in [0.3, 0.4) is 0 Å². The van der Waals surface area contributed by atoms with E-state index in [-0.39, 0.29) is 25.3 Å². The molecule has 5 heteroatoms. The SMILES string of the molecule is O=C(OCc1ccccc1)N1[C@H](CO)C=C[C@H]1COCc1ccccc1. The zero-order chi connectivity index (χ0) is 18.2. The van der Waals surface area contributed by atoms with Crippen LogP contribution >= 0.6 is 0 Å². The molecule has 0 spiro atoms. The average Bonchev–Trinajstić information content (AvgIpc) is 3.11. The van der Waals surface area contributed by atoms with E-state index < -0.39 is 6.09 Å². The number of aliphatic hydroxyl groups is 1. The molecule has 1 N–H and O–H groups in total. The van der Waals surface area contributed by atoms with Gasteiger partial charge >= 0.3 is 6.09 Å². The van der Waals surface area contributed by atoms with Gasteiger partial charge in [0.1, 0.15) is 6.61 Å². The first-order chi connectivity index (χ1) is 12.8. The van der Waals surface area contributed by atoms with Crippen LogP contribution in [0.4, 0.5) is 4.79 Å². The maximum atomic E-state index is 12.5. The Morgan fingerprint density at radius 2 is 1.46 bits per heavy atom. The van der Waals surface area contributed by atoms with E-state index in [0.29, 0.717) is 13.2 Å². The second-order valence-electron chi connectivity index (χ2n) is 6.15. The molecule has 3 rings (SSSR count). The van der Waals surface area contributed by atoms with Crippen LogP contribution in [0, 0.1) is 0 Å². The number of nitrogens with zero attached hydrogens (tertiary/aromatic N) is 1. The monoisotopic (exact) mass is 353 g/mol. The number of amides is 1. The van der Waals surface area contributed by atoms with Crippen molar-refractivity contribution in [1.29, 1.82) is 0 Å². The normalized spacial score (nSPS) is 18.9. The molecule has 136 valence electrons. The molecule has 2 aromatic rings. The molecule has 26 heavy (non-hydrogen) atoms. The Labute approximate surface area is 153 Å². The van der Waals surface area contributed by atoms with Crippen LogP contribution in [0.5, 0.6) is 0 Å². The van der Waals surface area contributed by atoms with Gasteiger partial charge in [-0.15, -0.1) is 0 Å². The third-order valence-electron chi connectivity index (χ3n) is 4.27. The second kappa shape index (κ2) is 9.17. The van der Waals surface area contributed by atoms with Crippen molar-refractivity contribution in [1.82, 2.24) is 4.90 Å². The van der Waals surface area contributed by atoms with E-state index in [2.05, 4.69) is 0 Å². The van der Waals surface area contributed by atoms with Gasteiger partial charge in [0, 0.05) is 0 Å². The summed E-state index contributed by atoms with van der Waals surface area (Å²) in [5.41, 5.74) is 2.00. The van der Waals surface area contributed by atoms with Crippen molar-refractivity contribution in [3.63, 3.8) is 0 Å². The fourth-order valence-corrected chi connectivity index (χ4v) is 2.91. The van der Waals surface area contributed by atoms with Crippen molar-refractivity contribution in [2.75, 3.05) is 13.2 Å². The molecule has 0 aromatic heterocycles. The zero-order valence-corrected chi connectivity index (χ0v) is 14.5. The number of ether oxygens (including phenoxy) is 2. The van der Waals surface area contributed by atoms with E-state index in [4.69, 9.17) is 9.47 Å². The summed E-state index contributed by atoms with van der Waals surface area (Å²) in [7, 11) is 0. The lowest BCUT2D eigenvalue weighted by Gasteiger charge is -2.28. The van der Waals surface area contributed by atoms with Gasteiger partial charge in [-0.2, -0.15) is 0 Å². The Balaban J connectivity index is 1.54. The molecule has 0 unspecified atom stereocenters. The quantitative estimate of drug-likeness (QED) is 0.777. The molecule has 1 heterocycles. The van der Waals surface area contributed by atoms with Gasteiger partial charge in [0.2, 0.25) is 0 Å². The summed E-state index contributed by atoms with van der Waals surface area (Å²) >= 11 is 0. The van der Waals surface area contributed by atoms with Gasteiger partial charge in [-0.05, 0) is 11.1 Å². The van der Waals surface area contributed by atoms with Crippen LogP contribution in [0.2, 0.25) is 0 Å². The Kier molecular flexibility index (Phi) is 6.41. The standard InChI is InChI=1S/C21H23NO4/c23-13-19-11-12-20(16-25-14-17-7-3-1-4-8-17)22(19)21(24)26-15-18-9-5-2-6-10-18/h1-12,19-20,23H,13-16H2/t19-,20-/m0/s1. The van der Waals surface area contributed by atoms with Crippen LogP contribution in [0.1, 0.15) is 11.1 Å². The third-order valence-corrected chi connectivity index (χ3v) is 4.27. The largest absolute Gasteiger partial charge is 0.445 e. The number of hydrogen-bond acceptors (Lipinski definition) is 4. The predicted molar refractivity (Wildman–Crippen MR) is 98.4 cm³/mol. The maximum Gasteiger partial charge on any atom is 0.411 e. The van der Waals surface area contributed by atoms with E-state index in [1.54, 1.807) is 0 Å². The lowest BCUT2D eigenvalue weighted by Crippen LogP contribution is -2.45. The first kappa shape index (κ1) is 18.2. The number of benzene rings is 2. The third kappa shape index (κ3) is 4.71. The molecule has 5 nitrogen and oxygen atoms in total. The van der Waals surface area contributed by atoms with Crippen molar-refractivity contribution in [2.45, 2.75) is 25.3 Å². The zero-order valence-electron chi connectivity index (χ0n) is 14.5. The summed E-state index contributed by atoms with van der Waals surface area (Å²) in [5, 5.41) is 9.55. The van der Waals surface area contributed by atoms with Gasteiger partial charge in [-0.25, -0.2) is 4.79 Å². The summed E-state index contributed by atoms with van der Waals surface area (Å²) < 4.78 is 11.2. The minimum atomic E-state index is -0.453. The molecule has 0 fully saturated rings. The number of carbonyl (C=O) groups excluding carboxylic acids is 1. The Hall–Kier alpha value is -2.63. The lowest BCUT2D eigenvalue weighted by molar-refractivity contribution is 0.0361. The van der Waals surface area contributed by atoms with Gasteiger partial charge < -0.3 is 14.6 Å². The molecule has 1 aliphatic rings. The number of hydrogen-bond donors (Lipinski definition) is 1. The Bertz CT molecular complexity index is 717. The van der Waals surface area contributed by atoms with E-state index in [9.17, 15) is 9.90 Å². The highest BCUT2D eigenvalue weighted by Gasteiger charge is 2.33. The average molecular weight is 353 g/mol. The smallest absolute Gasteiger partial charge is 0.411 e. The van der Waals surface area contributed by atoms with Crippen LogP contribution in [0.25, 0.3) is 0 Å². The van der Waals surface area contributed by atoms with Crippen molar-refractivity contribution in [2.24, 2.45) is 0 Å². The highest BCUT2D eigenvalue weighted by molar-refractivity contribution is 5.70. The molecule has 1 aliphatic heterocycles. The van der Waals surface area contributed by atoms with Gasteiger partial charge in [-0.1, -0.05) is 72.8 Å². The fourth-order valence-electron chi connectivity index (χ4n) is 2.91. The van der Waals surface area contributed by atoms with E-state index in [1.165, 1.54) is 4.90 Å². The van der Waals surface area contributed by atoms with Gasteiger partial charge in [0.15, 0.2) is 0 Å². The minimum absolute atomic E-state index is 0.147. The molecule has 2 atom stereocenters. The van der Waals surface area contributed by atoms with Crippen LogP contribution in [-0.4, -0.2) is 41.4 Å². The minimum Gasteiger partial charge on any atom is -0.445 e. The van der Waals surface area contributed by atoms with E-state index >= 15 is 0 Å².